The molecule has 0 aliphatic carbocycles. The van der Waals surface area contributed by atoms with E-state index in [-0.39, 0.29) is 0 Å². The number of hydrogen-bond donors (Lipinski definition) is 1. The first-order valence-corrected chi connectivity index (χ1v) is 5.40. The van der Waals surface area contributed by atoms with E-state index < -0.39 is 5.97 Å². The second kappa shape index (κ2) is 6.58. The van der Waals surface area contributed by atoms with Crippen LogP contribution >= 0.6 is 0 Å². The van der Waals surface area contributed by atoms with Crippen LogP contribution in [-0.2, 0) is 4.74 Å². The molecule has 0 amide bonds. The van der Waals surface area contributed by atoms with Crippen molar-refractivity contribution < 1.29 is 14.3 Å². The highest BCUT2D eigenvalue weighted by Gasteiger charge is 2.10. The predicted octanol–water partition coefficient (Wildman–Crippen LogP) is 2.40. The highest BCUT2D eigenvalue weighted by molar-refractivity contribution is 5.95. The lowest BCUT2D eigenvalue weighted by atomic mass is 10.2. The zero-order valence-corrected chi connectivity index (χ0v) is 9.94. The molecule has 0 aliphatic rings. The molecule has 0 heterocycles. The molecule has 0 bridgehead atoms. The fourth-order valence-corrected chi connectivity index (χ4v) is 1.34. The molecule has 0 aromatic heterocycles. The van der Waals surface area contributed by atoms with Crippen molar-refractivity contribution in [1.29, 1.82) is 0 Å². The lowest BCUT2D eigenvalue weighted by molar-refractivity contribution is 0.0602. The van der Waals surface area contributed by atoms with Crippen molar-refractivity contribution in [2.75, 3.05) is 19.5 Å². The Kier molecular flexibility index (Phi) is 5.07. The summed E-state index contributed by atoms with van der Waals surface area (Å²) in [6.45, 7) is 4.23. The zero-order chi connectivity index (χ0) is 12.7. The van der Waals surface area contributed by atoms with Gasteiger partial charge in [-0.05, 0) is 25.0 Å². The van der Waals surface area contributed by atoms with E-state index in [1.165, 1.54) is 7.11 Å². The summed E-state index contributed by atoms with van der Waals surface area (Å²) in [7, 11) is 1.32. The second-order valence-electron chi connectivity index (χ2n) is 3.52. The van der Waals surface area contributed by atoms with Crippen molar-refractivity contribution in [1.82, 2.24) is 0 Å². The molecule has 1 rings (SSSR count). The number of allylic oxidation sites excluding steroid dienone is 1. The predicted molar refractivity (Wildman–Crippen MR) is 67.1 cm³/mol. The maximum Gasteiger partial charge on any atom is 0.339 e. The molecule has 0 saturated carbocycles. The van der Waals surface area contributed by atoms with Crippen LogP contribution in [0.25, 0.3) is 0 Å². The number of carbonyl (C=O) groups is 1. The first-order valence-electron chi connectivity index (χ1n) is 5.40. The third kappa shape index (κ3) is 3.83. The Balaban J connectivity index is 2.62. The first kappa shape index (κ1) is 13.1. The van der Waals surface area contributed by atoms with E-state index >= 15 is 0 Å². The molecule has 1 aromatic carbocycles. The third-order valence-corrected chi connectivity index (χ3v) is 2.25. The molecule has 0 radical (unpaired) electrons. The summed E-state index contributed by atoms with van der Waals surface area (Å²) in [5, 5.41) is 0. The lowest BCUT2D eigenvalue weighted by Crippen LogP contribution is -2.06. The maximum absolute atomic E-state index is 11.3. The quantitative estimate of drug-likeness (QED) is 0.356. The number of benzene rings is 1. The molecule has 0 fully saturated rings. The SMILES string of the molecule is C=CCCCOc1ccc(C(=O)OC)c(N)c1. The van der Waals surface area contributed by atoms with Crippen molar-refractivity contribution in [3.05, 3.63) is 36.4 Å². The van der Waals surface area contributed by atoms with E-state index in [2.05, 4.69) is 11.3 Å². The van der Waals surface area contributed by atoms with Gasteiger partial charge in [0, 0.05) is 11.8 Å². The molecule has 17 heavy (non-hydrogen) atoms. The number of ether oxygens (including phenoxy) is 2. The number of hydrogen-bond acceptors (Lipinski definition) is 4. The molecule has 4 nitrogen and oxygen atoms in total. The Morgan fingerprint density at radius 2 is 2.29 bits per heavy atom. The Hall–Kier alpha value is -1.97. The largest absolute Gasteiger partial charge is 0.494 e. The summed E-state index contributed by atoms with van der Waals surface area (Å²) in [6.07, 6.45) is 3.66. The van der Waals surface area contributed by atoms with E-state index in [0.717, 1.165) is 12.8 Å². The third-order valence-electron chi connectivity index (χ3n) is 2.25. The average Bonchev–Trinajstić information content (AvgIpc) is 2.34. The molecule has 1 aromatic rings. The van der Waals surface area contributed by atoms with Gasteiger partial charge in [-0.25, -0.2) is 4.79 Å². The Morgan fingerprint density at radius 1 is 1.53 bits per heavy atom. The average molecular weight is 235 g/mol. The minimum absolute atomic E-state index is 0.353. The number of methoxy groups -OCH3 is 1. The Morgan fingerprint density at radius 3 is 2.88 bits per heavy atom. The number of nitrogen functional groups attached to an aromatic ring is 1. The number of esters is 1. The summed E-state index contributed by atoms with van der Waals surface area (Å²) in [6, 6.07) is 4.93. The van der Waals surface area contributed by atoms with E-state index in [1.54, 1.807) is 18.2 Å². The van der Waals surface area contributed by atoms with Crippen LogP contribution in [0.15, 0.2) is 30.9 Å². The summed E-state index contributed by atoms with van der Waals surface area (Å²) in [5.74, 6) is 0.208. The number of unbranched alkanes of at least 4 members (excludes halogenated alkanes) is 1. The van der Waals surface area contributed by atoms with Gasteiger partial charge in [0.15, 0.2) is 0 Å². The number of anilines is 1. The zero-order valence-electron chi connectivity index (χ0n) is 9.94. The molecule has 0 spiro atoms. The number of rotatable bonds is 6. The summed E-state index contributed by atoms with van der Waals surface area (Å²) < 4.78 is 10.1. The van der Waals surface area contributed by atoms with Crippen LogP contribution in [0, 0.1) is 0 Å². The minimum atomic E-state index is -0.444. The van der Waals surface area contributed by atoms with Crippen molar-refractivity contribution in [3.8, 4) is 5.75 Å². The van der Waals surface area contributed by atoms with Gasteiger partial charge in [-0.3, -0.25) is 0 Å². The van der Waals surface area contributed by atoms with Crippen LogP contribution in [-0.4, -0.2) is 19.7 Å². The summed E-state index contributed by atoms with van der Waals surface area (Å²) >= 11 is 0. The van der Waals surface area contributed by atoms with Crippen molar-refractivity contribution in [2.45, 2.75) is 12.8 Å². The first-order chi connectivity index (χ1) is 8.19. The van der Waals surface area contributed by atoms with Gasteiger partial charge in [-0.2, -0.15) is 0 Å². The standard InChI is InChI=1S/C13H17NO3/c1-3-4-5-8-17-10-6-7-11(12(14)9-10)13(15)16-2/h3,6-7,9H,1,4-5,8,14H2,2H3. The molecular formula is C13H17NO3. The van der Waals surface area contributed by atoms with Crippen LogP contribution in [0.1, 0.15) is 23.2 Å². The Bertz CT molecular complexity index is 402. The molecule has 0 atom stereocenters. The molecule has 0 aliphatic heterocycles. The second-order valence-corrected chi connectivity index (χ2v) is 3.52. The van der Waals surface area contributed by atoms with Crippen LogP contribution < -0.4 is 10.5 Å². The van der Waals surface area contributed by atoms with E-state index in [4.69, 9.17) is 10.5 Å². The van der Waals surface area contributed by atoms with Gasteiger partial charge in [0.05, 0.1) is 19.3 Å². The van der Waals surface area contributed by atoms with Crippen molar-refractivity contribution >= 4 is 11.7 Å². The van der Waals surface area contributed by atoms with Gasteiger partial charge in [0.25, 0.3) is 0 Å². The Labute approximate surface area is 101 Å². The molecule has 4 heteroatoms. The molecule has 0 unspecified atom stereocenters. The molecule has 2 N–H and O–H groups in total. The normalized spacial score (nSPS) is 9.71. The van der Waals surface area contributed by atoms with Crippen LogP contribution in [0.3, 0.4) is 0 Å². The van der Waals surface area contributed by atoms with Crippen molar-refractivity contribution in [3.63, 3.8) is 0 Å². The smallest absolute Gasteiger partial charge is 0.339 e. The minimum Gasteiger partial charge on any atom is -0.494 e. The highest BCUT2D eigenvalue weighted by atomic mass is 16.5. The van der Waals surface area contributed by atoms with Gasteiger partial charge in [-0.15, -0.1) is 6.58 Å². The summed E-state index contributed by atoms with van der Waals surface area (Å²) in [4.78, 5) is 11.3. The fourth-order valence-electron chi connectivity index (χ4n) is 1.34. The van der Waals surface area contributed by atoms with Gasteiger partial charge >= 0.3 is 5.97 Å². The molecular weight excluding hydrogens is 218 g/mol. The highest BCUT2D eigenvalue weighted by Crippen LogP contribution is 2.20. The summed E-state index contributed by atoms with van der Waals surface area (Å²) in [5.41, 5.74) is 6.44. The molecule has 0 saturated heterocycles. The van der Waals surface area contributed by atoms with E-state index in [9.17, 15) is 4.79 Å². The monoisotopic (exact) mass is 235 g/mol. The van der Waals surface area contributed by atoms with Gasteiger partial charge in [0.2, 0.25) is 0 Å². The van der Waals surface area contributed by atoms with Crippen LogP contribution in [0.5, 0.6) is 5.75 Å². The molecule has 92 valence electrons. The van der Waals surface area contributed by atoms with Gasteiger partial charge in [0.1, 0.15) is 5.75 Å². The van der Waals surface area contributed by atoms with Crippen LogP contribution in [0.2, 0.25) is 0 Å². The van der Waals surface area contributed by atoms with E-state index in [1.807, 2.05) is 6.08 Å². The lowest BCUT2D eigenvalue weighted by Gasteiger charge is -2.08. The van der Waals surface area contributed by atoms with Gasteiger partial charge < -0.3 is 15.2 Å². The van der Waals surface area contributed by atoms with E-state index in [0.29, 0.717) is 23.6 Å². The van der Waals surface area contributed by atoms with Crippen molar-refractivity contribution in [2.24, 2.45) is 0 Å². The maximum atomic E-state index is 11.3. The van der Waals surface area contributed by atoms with Crippen LogP contribution in [0.4, 0.5) is 5.69 Å². The fraction of sp³-hybridized carbons (Fsp3) is 0.308. The topological polar surface area (TPSA) is 61.5 Å². The van der Waals surface area contributed by atoms with Gasteiger partial charge in [-0.1, -0.05) is 6.08 Å². The number of nitrogens with two attached hydrogens (primary N) is 1. The number of carbonyl (C=O) groups excluding carboxylic acids is 1.